The molecule has 1 atom stereocenters. The van der Waals surface area contributed by atoms with Gasteiger partial charge in [-0.1, -0.05) is 54.9 Å². The number of benzene rings is 2. The highest BCUT2D eigenvalue weighted by molar-refractivity contribution is 7.92. The lowest BCUT2D eigenvalue weighted by atomic mass is 10.1. The normalized spacial score (nSPS) is 12.7. The molecule has 0 saturated heterocycles. The van der Waals surface area contributed by atoms with Gasteiger partial charge in [0.05, 0.1) is 11.9 Å². The maximum Gasteiger partial charge on any atom is 0.244 e. The summed E-state index contributed by atoms with van der Waals surface area (Å²) >= 11 is 6.12. The van der Waals surface area contributed by atoms with Gasteiger partial charge in [0.1, 0.15) is 12.6 Å². The fourth-order valence-corrected chi connectivity index (χ4v) is 4.66. The van der Waals surface area contributed by atoms with Crippen molar-refractivity contribution in [2.75, 3.05) is 17.1 Å². The van der Waals surface area contributed by atoms with Crippen molar-refractivity contribution >= 4 is 39.1 Å². The van der Waals surface area contributed by atoms with E-state index in [0.29, 0.717) is 22.7 Å². The summed E-state index contributed by atoms with van der Waals surface area (Å²) in [6, 6.07) is 13.4. The fraction of sp³-hybridized carbons (Fsp3) is 0.440. The van der Waals surface area contributed by atoms with Crippen LogP contribution in [0.4, 0.5) is 5.69 Å². The van der Waals surface area contributed by atoms with Gasteiger partial charge in [-0.2, -0.15) is 0 Å². The number of amides is 2. The van der Waals surface area contributed by atoms with Gasteiger partial charge in [0.25, 0.3) is 0 Å². The average Bonchev–Trinajstić information content (AvgIpc) is 2.72. The van der Waals surface area contributed by atoms with Crippen molar-refractivity contribution in [1.82, 2.24) is 10.2 Å². The summed E-state index contributed by atoms with van der Waals surface area (Å²) in [5, 5.41) is 3.30. The molecule has 0 aliphatic heterocycles. The maximum absolute atomic E-state index is 13.7. The van der Waals surface area contributed by atoms with Crippen LogP contribution in [0.25, 0.3) is 0 Å². The molecule has 2 rings (SSSR count). The van der Waals surface area contributed by atoms with Crippen molar-refractivity contribution < 1.29 is 18.0 Å². The second-order valence-electron chi connectivity index (χ2n) is 9.37. The Labute approximate surface area is 208 Å². The standard InChI is InChI=1S/C25H34ClN3O4S/c1-7-21(24(31)27-25(3,4)5)28(16-19-11-9-8-10-12-19)23(30)17-29(34(6,32)33)22-15-20(26)14-13-18(22)2/h8-15,21H,7,16-17H2,1-6H3,(H,27,31)/t21-/m0/s1. The molecule has 2 aromatic rings. The van der Waals surface area contributed by atoms with Crippen molar-refractivity contribution in [3.8, 4) is 0 Å². The second kappa shape index (κ2) is 11.2. The Morgan fingerprint density at radius 1 is 1.09 bits per heavy atom. The maximum atomic E-state index is 13.7. The predicted octanol–water partition coefficient (Wildman–Crippen LogP) is 4.14. The van der Waals surface area contributed by atoms with Crippen LogP contribution in [0.5, 0.6) is 0 Å². The molecule has 2 aromatic carbocycles. The smallest absolute Gasteiger partial charge is 0.244 e. The number of rotatable bonds is 9. The number of aryl methyl sites for hydroxylation is 1. The fourth-order valence-electron chi connectivity index (χ4n) is 3.60. The first-order valence-electron chi connectivity index (χ1n) is 11.1. The zero-order valence-electron chi connectivity index (χ0n) is 20.6. The number of halogens is 1. The average molecular weight is 508 g/mol. The summed E-state index contributed by atoms with van der Waals surface area (Å²) < 4.78 is 26.5. The van der Waals surface area contributed by atoms with Crippen molar-refractivity contribution in [3.63, 3.8) is 0 Å². The van der Waals surface area contributed by atoms with Crippen LogP contribution in [0, 0.1) is 6.92 Å². The van der Waals surface area contributed by atoms with Crippen LogP contribution in [0.15, 0.2) is 48.5 Å². The van der Waals surface area contributed by atoms with E-state index in [1.54, 1.807) is 19.1 Å². The Kier molecular flexibility index (Phi) is 9.14. The minimum absolute atomic E-state index is 0.169. The van der Waals surface area contributed by atoms with Gasteiger partial charge in [-0.05, 0) is 57.4 Å². The molecular formula is C25H34ClN3O4S. The number of nitrogens with zero attached hydrogens (tertiary/aromatic N) is 2. The minimum atomic E-state index is -3.81. The van der Waals surface area contributed by atoms with E-state index in [2.05, 4.69) is 5.32 Å². The second-order valence-corrected chi connectivity index (χ2v) is 11.7. The first kappa shape index (κ1) is 27.7. The molecule has 0 radical (unpaired) electrons. The molecule has 7 nitrogen and oxygen atoms in total. The third-order valence-corrected chi connectivity index (χ3v) is 6.56. The van der Waals surface area contributed by atoms with Gasteiger partial charge < -0.3 is 10.2 Å². The van der Waals surface area contributed by atoms with Crippen molar-refractivity contribution in [3.05, 3.63) is 64.7 Å². The molecule has 0 heterocycles. The number of hydrogen-bond acceptors (Lipinski definition) is 4. The van der Waals surface area contributed by atoms with Gasteiger partial charge in [-0.15, -0.1) is 0 Å². The molecule has 0 aliphatic carbocycles. The van der Waals surface area contributed by atoms with E-state index < -0.39 is 34.1 Å². The van der Waals surface area contributed by atoms with Crippen LogP contribution < -0.4 is 9.62 Å². The van der Waals surface area contributed by atoms with Gasteiger partial charge in [-0.3, -0.25) is 13.9 Å². The highest BCUT2D eigenvalue weighted by atomic mass is 35.5. The lowest BCUT2D eigenvalue weighted by molar-refractivity contribution is -0.141. The number of hydrogen-bond donors (Lipinski definition) is 1. The zero-order chi connectivity index (χ0) is 25.7. The Morgan fingerprint density at radius 3 is 2.24 bits per heavy atom. The Bertz CT molecular complexity index is 1110. The van der Waals surface area contributed by atoms with Crippen molar-refractivity contribution in [2.45, 2.75) is 59.2 Å². The van der Waals surface area contributed by atoms with Crippen LogP contribution >= 0.6 is 11.6 Å². The summed E-state index contributed by atoms with van der Waals surface area (Å²) in [5.74, 6) is -0.770. The Hall–Kier alpha value is -2.58. The minimum Gasteiger partial charge on any atom is -0.350 e. The molecule has 2 amide bonds. The van der Waals surface area contributed by atoms with Crippen LogP contribution in [-0.2, 0) is 26.2 Å². The molecular weight excluding hydrogens is 474 g/mol. The molecule has 0 fully saturated rings. The van der Waals surface area contributed by atoms with Gasteiger partial charge in [0, 0.05) is 17.1 Å². The highest BCUT2D eigenvalue weighted by Gasteiger charge is 2.33. The zero-order valence-corrected chi connectivity index (χ0v) is 22.2. The van der Waals surface area contributed by atoms with E-state index in [0.717, 1.165) is 16.1 Å². The summed E-state index contributed by atoms with van der Waals surface area (Å²) in [5.41, 5.74) is 1.34. The quantitative estimate of drug-likeness (QED) is 0.552. The number of nitrogens with one attached hydrogen (secondary N) is 1. The number of sulfonamides is 1. The molecule has 34 heavy (non-hydrogen) atoms. The highest BCUT2D eigenvalue weighted by Crippen LogP contribution is 2.27. The summed E-state index contributed by atoms with van der Waals surface area (Å²) in [7, 11) is -3.81. The summed E-state index contributed by atoms with van der Waals surface area (Å²) in [6.45, 7) is 8.90. The lowest BCUT2D eigenvalue weighted by Crippen LogP contribution is -2.55. The SMILES string of the molecule is CC[C@@H](C(=O)NC(C)(C)C)N(Cc1ccccc1)C(=O)CN(c1cc(Cl)ccc1C)S(C)(=O)=O. The molecule has 9 heteroatoms. The van der Waals surface area contributed by atoms with E-state index in [4.69, 9.17) is 11.6 Å². The number of anilines is 1. The van der Waals surface area contributed by atoms with Crippen LogP contribution in [0.3, 0.4) is 0 Å². The third-order valence-electron chi connectivity index (χ3n) is 5.20. The van der Waals surface area contributed by atoms with Gasteiger partial charge in [-0.25, -0.2) is 8.42 Å². The molecule has 0 aromatic heterocycles. The van der Waals surface area contributed by atoms with Crippen molar-refractivity contribution in [2.24, 2.45) is 0 Å². The van der Waals surface area contributed by atoms with Crippen LogP contribution in [-0.4, -0.2) is 49.5 Å². The first-order chi connectivity index (χ1) is 15.7. The van der Waals surface area contributed by atoms with Crippen LogP contribution in [0.1, 0.15) is 45.2 Å². The topological polar surface area (TPSA) is 86.8 Å². The Balaban J connectivity index is 2.48. The molecule has 0 saturated carbocycles. The monoisotopic (exact) mass is 507 g/mol. The molecule has 0 bridgehead atoms. The lowest BCUT2D eigenvalue weighted by Gasteiger charge is -2.34. The van der Waals surface area contributed by atoms with Crippen LogP contribution in [0.2, 0.25) is 5.02 Å². The molecule has 0 unspecified atom stereocenters. The van der Waals surface area contributed by atoms with Crippen molar-refractivity contribution in [1.29, 1.82) is 0 Å². The van der Waals surface area contributed by atoms with E-state index >= 15 is 0 Å². The largest absolute Gasteiger partial charge is 0.350 e. The number of carbonyl (C=O) groups excluding carboxylic acids is 2. The molecule has 0 aliphatic rings. The van der Waals surface area contributed by atoms with Gasteiger partial charge in [0.15, 0.2) is 0 Å². The molecule has 0 spiro atoms. The van der Waals surface area contributed by atoms with E-state index in [1.165, 1.54) is 11.0 Å². The van der Waals surface area contributed by atoms with Gasteiger partial charge >= 0.3 is 0 Å². The van der Waals surface area contributed by atoms with E-state index in [1.807, 2.05) is 58.0 Å². The van der Waals surface area contributed by atoms with E-state index in [-0.39, 0.29) is 12.5 Å². The summed E-state index contributed by atoms with van der Waals surface area (Å²) in [6.07, 6.45) is 1.42. The summed E-state index contributed by atoms with van der Waals surface area (Å²) in [4.78, 5) is 28.2. The Morgan fingerprint density at radius 2 is 1.71 bits per heavy atom. The number of carbonyl (C=O) groups is 2. The molecule has 186 valence electrons. The van der Waals surface area contributed by atoms with Gasteiger partial charge in [0.2, 0.25) is 21.8 Å². The first-order valence-corrected chi connectivity index (χ1v) is 13.3. The third kappa shape index (κ3) is 7.74. The van der Waals surface area contributed by atoms with E-state index in [9.17, 15) is 18.0 Å². The predicted molar refractivity (Wildman–Crippen MR) is 137 cm³/mol. The molecule has 1 N–H and O–H groups in total.